The molecule has 1 aromatic heterocycles. The van der Waals surface area contributed by atoms with Crippen molar-refractivity contribution in [3.8, 4) is 16.3 Å². The number of ether oxygens (including phenoxy) is 1. The quantitative estimate of drug-likeness (QED) is 0.887. The molecule has 0 saturated carbocycles. The molecule has 1 aromatic carbocycles. The highest BCUT2D eigenvalue weighted by molar-refractivity contribution is 7.14. The summed E-state index contributed by atoms with van der Waals surface area (Å²) < 4.78 is 19.2. The van der Waals surface area contributed by atoms with E-state index in [1.54, 1.807) is 12.1 Å². The van der Waals surface area contributed by atoms with Crippen LogP contribution in [0.5, 0.6) is 5.75 Å². The number of halogens is 1. The number of hydrogen-bond donors (Lipinski definition) is 1. The maximum absolute atomic E-state index is 14.0. The maximum Gasteiger partial charge on any atom is 0.154 e. The van der Waals surface area contributed by atoms with Crippen LogP contribution in [0.4, 0.5) is 4.39 Å². The third-order valence-electron chi connectivity index (χ3n) is 2.92. The molecule has 0 fully saturated rings. The van der Waals surface area contributed by atoms with Gasteiger partial charge in [-0.25, -0.2) is 4.39 Å². The number of hydrogen-bond acceptors (Lipinski definition) is 5. The first-order chi connectivity index (χ1) is 9.67. The third-order valence-corrected chi connectivity index (χ3v) is 4.04. The minimum Gasteiger partial charge on any atom is -0.496 e. The number of rotatable bonds is 6. The number of nitrogens with one attached hydrogen (secondary N) is 1. The van der Waals surface area contributed by atoms with Crippen LogP contribution in [0.15, 0.2) is 18.2 Å². The summed E-state index contributed by atoms with van der Waals surface area (Å²) in [5.41, 5.74) is 0.376. The molecular formula is C14H18FN3OS. The molecule has 1 atom stereocenters. The molecule has 4 nitrogen and oxygen atoms in total. The predicted octanol–water partition coefficient (Wildman–Crippen LogP) is 3.41. The number of methoxy groups -OCH3 is 1. The summed E-state index contributed by atoms with van der Waals surface area (Å²) in [6, 6.07) is 4.85. The molecule has 0 aliphatic heterocycles. The Morgan fingerprint density at radius 1 is 1.40 bits per heavy atom. The van der Waals surface area contributed by atoms with E-state index in [0.29, 0.717) is 16.3 Å². The zero-order valence-corrected chi connectivity index (χ0v) is 12.6. The van der Waals surface area contributed by atoms with Crippen LogP contribution in [0, 0.1) is 5.82 Å². The topological polar surface area (TPSA) is 47.0 Å². The molecule has 0 spiro atoms. The normalized spacial score (nSPS) is 12.4. The van der Waals surface area contributed by atoms with Crippen molar-refractivity contribution in [2.24, 2.45) is 0 Å². The van der Waals surface area contributed by atoms with Gasteiger partial charge >= 0.3 is 0 Å². The Morgan fingerprint density at radius 2 is 2.20 bits per heavy atom. The van der Waals surface area contributed by atoms with E-state index in [0.717, 1.165) is 18.0 Å². The Kier molecular flexibility index (Phi) is 5.03. The van der Waals surface area contributed by atoms with Gasteiger partial charge in [-0.05, 0) is 32.0 Å². The van der Waals surface area contributed by atoms with Gasteiger partial charge in [-0.15, -0.1) is 10.2 Å². The molecule has 1 N–H and O–H groups in total. The van der Waals surface area contributed by atoms with Crippen molar-refractivity contribution < 1.29 is 9.13 Å². The van der Waals surface area contributed by atoms with Crippen LogP contribution >= 0.6 is 11.3 Å². The Labute approximate surface area is 122 Å². The van der Waals surface area contributed by atoms with Crippen LogP contribution in [0.3, 0.4) is 0 Å². The largest absolute Gasteiger partial charge is 0.496 e. The van der Waals surface area contributed by atoms with Crippen molar-refractivity contribution in [2.75, 3.05) is 13.7 Å². The van der Waals surface area contributed by atoms with Crippen LogP contribution in [0.25, 0.3) is 10.6 Å². The summed E-state index contributed by atoms with van der Waals surface area (Å²) in [5, 5.41) is 13.0. The van der Waals surface area contributed by atoms with Crippen LogP contribution in [0.2, 0.25) is 0 Å². The van der Waals surface area contributed by atoms with Gasteiger partial charge in [0, 0.05) is 0 Å². The minimum atomic E-state index is -0.346. The Hall–Kier alpha value is -1.53. The zero-order valence-electron chi connectivity index (χ0n) is 11.8. The van der Waals surface area contributed by atoms with Crippen molar-refractivity contribution in [2.45, 2.75) is 26.3 Å². The van der Waals surface area contributed by atoms with Gasteiger partial charge in [-0.3, -0.25) is 0 Å². The SMILES string of the molecule is CCCNC(C)c1nnc(-c2c(F)cccc2OC)s1. The molecule has 0 aliphatic carbocycles. The number of nitrogens with zero attached hydrogens (tertiary/aromatic N) is 2. The van der Waals surface area contributed by atoms with Crippen molar-refractivity contribution in [1.29, 1.82) is 0 Å². The summed E-state index contributed by atoms with van der Waals surface area (Å²) in [7, 11) is 1.52. The van der Waals surface area contributed by atoms with Gasteiger partial charge in [0.1, 0.15) is 16.6 Å². The van der Waals surface area contributed by atoms with E-state index < -0.39 is 0 Å². The first-order valence-corrected chi connectivity index (χ1v) is 7.38. The van der Waals surface area contributed by atoms with Crippen molar-refractivity contribution in [3.63, 3.8) is 0 Å². The van der Waals surface area contributed by atoms with Crippen LogP contribution in [-0.2, 0) is 0 Å². The van der Waals surface area contributed by atoms with E-state index in [2.05, 4.69) is 22.4 Å². The molecule has 2 rings (SSSR count). The number of benzene rings is 1. The standard InChI is InChI=1S/C14H18FN3OS/c1-4-8-16-9(2)13-17-18-14(20-13)12-10(15)6-5-7-11(12)19-3/h5-7,9,16H,4,8H2,1-3H3. The van der Waals surface area contributed by atoms with E-state index in [-0.39, 0.29) is 11.9 Å². The fraction of sp³-hybridized carbons (Fsp3) is 0.429. The molecule has 1 heterocycles. The minimum absolute atomic E-state index is 0.110. The first kappa shape index (κ1) is 14.9. The molecule has 20 heavy (non-hydrogen) atoms. The molecular weight excluding hydrogens is 277 g/mol. The van der Waals surface area contributed by atoms with Crippen molar-refractivity contribution in [3.05, 3.63) is 29.0 Å². The van der Waals surface area contributed by atoms with Gasteiger partial charge in [-0.1, -0.05) is 24.3 Å². The zero-order chi connectivity index (χ0) is 14.5. The van der Waals surface area contributed by atoms with Crippen LogP contribution < -0.4 is 10.1 Å². The van der Waals surface area contributed by atoms with Gasteiger partial charge in [0.15, 0.2) is 5.01 Å². The summed E-state index contributed by atoms with van der Waals surface area (Å²) in [4.78, 5) is 0. The fourth-order valence-corrected chi connectivity index (χ4v) is 2.76. The lowest BCUT2D eigenvalue weighted by Gasteiger charge is -2.08. The lowest BCUT2D eigenvalue weighted by atomic mass is 10.2. The van der Waals surface area contributed by atoms with Crippen molar-refractivity contribution >= 4 is 11.3 Å². The second-order valence-corrected chi connectivity index (χ2v) is 5.45. The molecule has 1 unspecified atom stereocenters. The second-order valence-electron chi connectivity index (χ2n) is 4.44. The molecule has 0 amide bonds. The molecule has 0 saturated heterocycles. The van der Waals surface area contributed by atoms with E-state index in [1.807, 2.05) is 6.92 Å². The smallest absolute Gasteiger partial charge is 0.154 e. The first-order valence-electron chi connectivity index (χ1n) is 6.57. The number of aromatic nitrogens is 2. The molecule has 108 valence electrons. The average molecular weight is 295 g/mol. The summed E-state index contributed by atoms with van der Waals surface area (Å²) in [6.45, 7) is 5.05. The molecule has 2 aromatic rings. The highest BCUT2D eigenvalue weighted by atomic mass is 32.1. The third kappa shape index (κ3) is 3.13. The Balaban J connectivity index is 2.29. The van der Waals surface area contributed by atoms with Gasteiger partial charge in [0.05, 0.1) is 18.7 Å². The highest BCUT2D eigenvalue weighted by Gasteiger charge is 2.18. The summed E-state index contributed by atoms with van der Waals surface area (Å²) in [6.07, 6.45) is 1.05. The fourth-order valence-electron chi connectivity index (χ4n) is 1.84. The highest BCUT2D eigenvalue weighted by Crippen LogP contribution is 2.35. The van der Waals surface area contributed by atoms with Crippen LogP contribution in [-0.4, -0.2) is 23.9 Å². The Bertz CT molecular complexity index is 573. The van der Waals surface area contributed by atoms with Gasteiger partial charge in [0.25, 0.3) is 0 Å². The molecule has 0 radical (unpaired) electrons. The maximum atomic E-state index is 14.0. The molecule has 6 heteroatoms. The monoisotopic (exact) mass is 295 g/mol. The summed E-state index contributed by atoms with van der Waals surface area (Å²) in [5.74, 6) is 0.128. The van der Waals surface area contributed by atoms with E-state index in [9.17, 15) is 4.39 Å². The second kappa shape index (κ2) is 6.76. The lowest BCUT2D eigenvalue weighted by molar-refractivity contribution is 0.413. The molecule has 0 bridgehead atoms. The summed E-state index contributed by atoms with van der Waals surface area (Å²) >= 11 is 1.38. The van der Waals surface area contributed by atoms with E-state index >= 15 is 0 Å². The van der Waals surface area contributed by atoms with Crippen molar-refractivity contribution in [1.82, 2.24) is 15.5 Å². The van der Waals surface area contributed by atoms with Gasteiger partial charge in [0.2, 0.25) is 0 Å². The van der Waals surface area contributed by atoms with E-state index in [1.165, 1.54) is 24.5 Å². The predicted molar refractivity (Wildman–Crippen MR) is 78.6 cm³/mol. The molecule has 0 aliphatic rings. The van der Waals surface area contributed by atoms with Gasteiger partial charge < -0.3 is 10.1 Å². The van der Waals surface area contributed by atoms with E-state index in [4.69, 9.17) is 4.74 Å². The van der Waals surface area contributed by atoms with Gasteiger partial charge in [-0.2, -0.15) is 0 Å². The van der Waals surface area contributed by atoms with Crippen LogP contribution in [0.1, 0.15) is 31.3 Å². The average Bonchev–Trinajstić information content (AvgIpc) is 2.93. The lowest BCUT2D eigenvalue weighted by Crippen LogP contribution is -2.18. The Morgan fingerprint density at radius 3 is 2.90 bits per heavy atom.